The summed E-state index contributed by atoms with van der Waals surface area (Å²) in [6, 6.07) is -0.591. The number of carboxylic acid groups (broad SMARTS) is 1. The normalized spacial score (nSPS) is 20.1. The van der Waals surface area contributed by atoms with Gasteiger partial charge in [-0.05, 0) is 25.7 Å². The monoisotopic (exact) mass is 214 g/mol. The first kappa shape index (κ1) is 12.0. The summed E-state index contributed by atoms with van der Waals surface area (Å²) in [4.78, 5) is 22.5. The summed E-state index contributed by atoms with van der Waals surface area (Å²) in [6.45, 7) is 1.93. The molecule has 1 fully saturated rings. The molecule has 0 aromatic heterocycles. The minimum Gasteiger partial charge on any atom is -0.480 e. The number of nitrogens with one attached hydrogen (secondary N) is 1. The van der Waals surface area contributed by atoms with E-state index in [0.29, 0.717) is 19.3 Å². The molecule has 0 bridgehead atoms. The third-order valence-electron chi connectivity index (χ3n) is 2.92. The van der Waals surface area contributed by atoms with Crippen LogP contribution in [0.15, 0.2) is 0 Å². The molecular formula is C10H18N2O3. The molecule has 86 valence electrons. The van der Waals surface area contributed by atoms with Crippen molar-refractivity contribution in [1.29, 1.82) is 0 Å². The number of carbonyl (C=O) groups excluding carboxylic acids is 1. The SMILES string of the molecule is CCCC(N)C(=O)NC1(C(=O)O)CCC1. The van der Waals surface area contributed by atoms with Gasteiger partial charge < -0.3 is 16.2 Å². The summed E-state index contributed by atoms with van der Waals surface area (Å²) in [5, 5.41) is 11.5. The highest BCUT2D eigenvalue weighted by Gasteiger charge is 2.46. The third-order valence-corrected chi connectivity index (χ3v) is 2.92. The van der Waals surface area contributed by atoms with Crippen LogP contribution >= 0.6 is 0 Å². The van der Waals surface area contributed by atoms with Crippen molar-refractivity contribution in [3.63, 3.8) is 0 Å². The number of hydrogen-bond acceptors (Lipinski definition) is 3. The molecule has 1 rings (SSSR count). The number of rotatable bonds is 5. The molecule has 5 nitrogen and oxygen atoms in total. The van der Waals surface area contributed by atoms with E-state index < -0.39 is 17.6 Å². The van der Waals surface area contributed by atoms with E-state index in [1.807, 2.05) is 6.92 Å². The summed E-state index contributed by atoms with van der Waals surface area (Å²) in [7, 11) is 0. The third kappa shape index (κ3) is 2.47. The maximum Gasteiger partial charge on any atom is 0.329 e. The molecule has 1 amide bonds. The van der Waals surface area contributed by atoms with Gasteiger partial charge in [-0.2, -0.15) is 0 Å². The lowest BCUT2D eigenvalue weighted by atomic mass is 9.76. The molecule has 0 radical (unpaired) electrons. The molecular weight excluding hydrogens is 196 g/mol. The second kappa shape index (κ2) is 4.61. The zero-order chi connectivity index (χ0) is 11.5. The van der Waals surface area contributed by atoms with Gasteiger partial charge in [0.2, 0.25) is 5.91 Å². The van der Waals surface area contributed by atoms with Crippen molar-refractivity contribution in [2.45, 2.75) is 50.6 Å². The Bertz CT molecular complexity index is 261. The van der Waals surface area contributed by atoms with Crippen LogP contribution in [0.2, 0.25) is 0 Å². The lowest BCUT2D eigenvalue weighted by Crippen LogP contribution is -2.61. The largest absolute Gasteiger partial charge is 0.480 e. The molecule has 5 heteroatoms. The van der Waals surface area contributed by atoms with E-state index in [0.717, 1.165) is 12.8 Å². The first-order valence-electron chi connectivity index (χ1n) is 5.33. The molecule has 4 N–H and O–H groups in total. The number of carbonyl (C=O) groups is 2. The fraction of sp³-hybridized carbons (Fsp3) is 0.800. The van der Waals surface area contributed by atoms with Gasteiger partial charge in [-0.15, -0.1) is 0 Å². The highest BCUT2D eigenvalue weighted by Crippen LogP contribution is 2.32. The molecule has 1 saturated carbocycles. The second-order valence-corrected chi connectivity index (χ2v) is 4.13. The predicted octanol–water partition coefficient (Wildman–Crippen LogP) is 0.237. The van der Waals surface area contributed by atoms with Crippen LogP contribution < -0.4 is 11.1 Å². The fourth-order valence-electron chi connectivity index (χ4n) is 1.69. The number of nitrogens with two attached hydrogens (primary N) is 1. The van der Waals surface area contributed by atoms with Crippen molar-refractivity contribution in [3.05, 3.63) is 0 Å². The average molecular weight is 214 g/mol. The Labute approximate surface area is 89.0 Å². The van der Waals surface area contributed by atoms with Crippen LogP contribution in [0.3, 0.4) is 0 Å². The van der Waals surface area contributed by atoms with Crippen LogP contribution in [-0.4, -0.2) is 28.6 Å². The van der Waals surface area contributed by atoms with Gasteiger partial charge in [0, 0.05) is 0 Å². The van der Waals surface area contributed by atoms with Gasteiger partial charge in [-0.1, -0.05) is 13.3 Å². The maximum atomic E-state index is 11.5. The topological polar surface area (TPSA) is 92.4 Å². The molecule has 0 spiro atoms. The van der Waals surface area contributed by atoms with E-state index in [-0.39, 0.29) is 5.91 Å². The van der Waals surface area contributed by atoms with E-state index in [1.54, 1.807) is 0 Å². The molecule has 0 aliphatic heterocycles. The fourth-order valence-corrected chi connectivity index (χ4v) is 1.69. The standard InChI is InChI=1S/C10H18N2O3/c1-2-4-7(11)8(13)12-10(9(14)15)5-3-6-10/h7H,2-6,11H2,1H3,(H,12,13)(H,14,15). The van der Waals surface area contributed by atoms with Gasteiger partial charge in [-0.3, -0.25) is 4.79 Å². The Morgan fingerprint density at radius 3 is 2.47 bits per heavy atom. The summed E-state index contributed by atoms with van der Waals surface area (Å²) < 4.78 is 0. The van der Waals surface area contributed by atoms with Gasteiger partial charge in [-0.25, -0.2) is 4.79 Å². The molecule has 0 aromatic carbocycles. The van der Waals surface area contributed by atoms with E-state index in [1.165, 1.54) is 0 Å². The highest BCUT2D eigenvalue weighted by atomic mass is 16.4. The van der Waals surface area contributed by atoms with Crippen LogP contribution in [0.5, 0.6) is 0 Å². The summed E-state index contributed by atoms with van der Waals surface area (Å²) in [5.74, 6) is -1.30. The van der Waals surface area contributed by atoms with Crippen molar-refractivity contribution in [2.75, 3.05) is 0 Å². The molecule has 0 aromatic rings. The Morgan fingerprint density at radius 2 is 2.13 bits per heavy atom. The lowest BCUT2D eigenvalue weighted by Gasteiger charge is -2.38. The van der Waals surface area contributed by atoms with Crippen LogP contribution in [0.4, 0.5) is 0 Å². The number of aliphatic carboxylic acids is 1. The lowest BCUT2D eigenvalue weighted by molar-refractivity contribution is -0.152. The van der Waals surface area contributed by atoms with Gasteiger partial charge in [0.1, 0.15) is 5.54 Å². The van der Waals surface area contributed by atoms with Crippen molar-refractivity contribution in [2.24, 2.45) is 5.73 Å². The molecule has 0 saturated heterocycles. The van der Waals surface area contributed by atoms with E-state index in [9.17, 15) is 9.59 Å². The average Bonchev–Trinajstić information content (AvgIpc) is 2.10. The minimum atomic E-state index is -1.04. The molecule has 1 unspecified atom stereocenters. The van der Waals surface area contributed by atoms with Crippen LogP contribution in [-0.2, 0) is 9.59 Å². The molecule has 0 heterocycles. The number of amides is 1. The molecule has 1 aliphatic carbocycles. The smallest absolute Gasteiger partial charge is 0.329 e. The Kier molecular flexibility index (Phi) is 3.68. The predicted molar refractivity (Wildman–Crippen MR) is 55.2 cm³/mol. The molecule has 1 aliphatic rings. The summed E-state index contributed by atoms with van der Waals surface area (Å²) in [5.41, 5.74) is 4.57. The van der Waals surface area contributed by atoms with Gasteiger partial charge in [0.25, 0.3) is 0 Å². The van der Waals surface area contributed by atoms with Crippen molar-refractivity contribution in [3.8, 4) is 0 Å². The summed E-state index contributed by atoms with van der Waals surface area (Å²) >= 11 is 0. The van der Waals surface area contributed by atoms with E-state index in [4.69, 9.17) is 10.8 Å². The Hall–Kier alpha value is -1.10. The van der Waals surface area contributed by atoms with Crippen LogP contribution in [0.25, 0.3) is 0 Å². The molecule has 1 atom stereocenters. The first-order valence-corrected chi connectivity index (χ1v) is 5.33. The van der Waals surface area contributed by atoms with E-state index >= 15 is 0 Å². The Balaban J connectivity index is 2.52. The van der Waals surface area contributed by atoms with E-state index in [2.05, 4.69) is 5.32 Å². The van der Waals surface area contributed by atoms with Crippen LogP contribution in [0, 0.1) is 0 Å². The number of carboxylic acids is 1. The zero-order valence-corrected chi connectivity index (χ0v) is 8.95. The van der Waals surface area contributed by atoms with Crippen LogP contribution in [0.1, 0.15) is 39.0 Å². The zero-order valence-electron chi connectivity index (χ0n) is 8.95. The van der Waals surface area contributed by atoms with Crippen molar-refractivity contribution in [1.82, 2.24) is 5.32 Å². The van der Waals surface area contributed by atoms with Gasteiger partial charge in [0.05, 0.1) is 6.04 Å². The quantitative estimate of drug-likeness (QED) is 0.611. The second-order valence-electron chi connectivity index (χ2n) is 4.13. The minimum absolute atomic E-state index is 0.348. The first-order chi connectivity index (χ1) is 7.02. The summed E-state index contributed by atoms with van der Waals surface area (Å²) in [6.07, 6.45) is 3.26. The maximum absolute atomic E-state index is 11.5. The molecule has 15 heavy (non-hydrogen) atoms. The van der Waals surface area contributed by atoms with Crippen molar-refractivity contribution >= 4 is 11.9 Å². The van der Waals surface area contributed by atoms with Gasteiger partial charge >= 0.3 is 5.97 Å². The highest BCUT2D eigenvalue weighted by molar-refractivity contribution is 5.90. The Morgan fingerprint density at radius 1 is 1.53 bits per heavy atom. The van der Waals surface area contributed by atoms with Crippen molar-refractivity contribution < 1.29 is 14.7 Å². The number of hydrogen-bond donors (Lipinski definition) is 3. The van der Waals surface area contributed by atoms with Gasteiger partial charge in [0.15, 0.2) is 0 Å².